The summed E-state index contributed by atoms with van der Waals surface area (Å²) in [6.45, 7) is 4.82. The van der Waals surface area contributed by atoms with Gasteiger partial charge in [-0.15, -0.1) is 0 Å². The number of hydrazone groups is 1. The van der Waals surface area contributed by atoms with E-state index in [1.54, 1.807) is 23.0 Å². The number of carbonyl (C=O) groups is 1. The Morgan fingerprint density at radius 1 is 1.21 bits per heavy atom. The Kier molecular flexibility index (Phi) is 5.95. The van der Waals surface area contributed by atoms with Crippen LogP contribution in [0.3, 0.4) is 0 Å². The summed E-state index contributed by atoms with van der Waals surface area (Å²) in [7, 11) is -1.75. The first-order valence-electron chi connectivity index (χ1n) is 9.24. The number of benzene rings is 1. The number of hydrogen-bond donors (Lipinski definition) is 1. The van der Waals surface area contributed by atoms with Crippen molar-refractivity contribution < 1.29 is 13.2 Å². The van der Waals surface area contributed by atoms with E-state index >= 15 is 0 Å². The van der Waals surface area contributed by atoms with Crippen molar-refractivity contribution in [2.24, 2.45) is 12.1 Å². The third-order valence-corrected chi connectivity index (χ3v) is 6.87. The van der Waals surface area contributed by atoms with Crippen LogP contribution in [0.25, 0.3) is 0 Å². The highest BCUT2D eigenvalue weighted by Crippen LogP contribution is 2.21. The predicted molar refractivity (Wildman–Crippen MR) is 107 cm³/mol. The molecule has 0 unspecified atom stereocenters. The van der Waals surface area contributed by atoms with Gasteiger partial charge in [0.1, 0.15) is 0 Å². The molecule has 0 atom stereocenters. The van der Waals surface area contributed by atoms with Crippen LogP contribution < -0.4 is 5.43 Å². The topological polar surface area (TPSA) is 96.7 Å². The Bertz CT molecular complexity index is 1000. The highest BCUT2D eigenvalue weighted by molar-refractivity contribution is 7.89. The quantitative estimate of drug-likeness (QED) is 0.610. The molecule has 28 heavy (non-hydrogen) atoms. The number of nitrogens with zero attached hydrogens (tertiary/aromatic N) is 4. The summed E-state index contributed by atoms with van der Waals surface area (Å²) in [5.74, 6) is -0.467. The fraction of sp³-hybridized carbons (Fsp3) is 0.421. The zero-order valence-electron chi connectivity index (χ0n) is 16.3. The monoisotopic (exact) mass is 403 g/mol. The SMILES string of the molecule is Cc1nn(C)c(C)c1/C=N\NC(=O)c1cccc(S(=O)(=O)N2CCCCC2)c1. The van der Waals surface area contributed by atoms with E-state index in [9.17, 15) is 13.2 Å². The van der Waals surface area contributed by atoms with Gasteiger partial charge in [-0.2, -0.15) is 14.5 Å². The van der Waals surface area contributed by atoms with E-state index in [2.05, 4.69) is 15.6 Å². The molecule has 2 aromatic rings. The summed E-state index contributed by atoms with van der Waals surface area (Å²) in [5, 5.41) is 8.29. The number of nitrogens with one attached hydrogen (secondary N) is 1. The maximum Gasteiger partial charge on any atom is 0.271 e. The summed E-state index contributed by atoms with van der Waals surface area (Å²) in [6.07, 6.45) is 4.31. The number of rotatable bonds is 5. The first-order valence-corrected chi connectivity index (χ1v) is 10.7. The minimum Gasteiger partial charge on any atom is -0.272 e. The minimum atomic E-state index is -3.59. The van der Waals surface area contributed by atoms with Gasteiger partial charge in [-0.05, 0) is 44.9 Å². The molecule has 2 heterocycles. The van der Waals surface area contributed by atoms with Crippen molar-refractivity contribution in [3.8, 4) is 0 Å². The highest BCUT2D eigenvalue weighted by atomic mass is 32.2. The molecule has 0 aliphatic carbocycles. The lowest BCUT2D eigenvalue weighted by Gasteiger charge is -2.25. The lowest BCUT2D eigenvalue weighted by molar-refractivity contribution is 0.0955. The zero-order valence-corrected chi connectivity index (χ0v) is 17.2. The molecule has 1 saturated heterocycles. The average molecular weight is 404 g/mol. The van der Waals surface area contributed by atoms with Gasteiger partial charge < -0.3 is 0 Å². The van der Waals surface area contributed by atoms with Crippen LogP contribution in [-0.4, -0.2) is 47.7 Å². The molecule has 1 aliphatic heterocycles. The van der Waals surface area contributed by atoms with Crippen molar-refractivity contribution in [1.29, 1.82) is 0 Å². The van der Waals surface area contributed by atoms with Gasteiger partial charge in [-0.3, -0.25) is 9.48 Å². The van der Waals surface area contributed by atoms with Gasteiger partial charge in [0, 0.05) is 37.0 Å². The van der Waals surface area contributed by atoms with Crippen LogP contribution >= 0.6 is 0 Å². The number of aryl methyl sites for hydroxylation is 2. The summed E-state index contributed by atoms with van der Waals surface area (Å²) < 4.78 is 28.8. The summed E-state index contributed by atoms with van der Waals surface area (Å²) in [5.41, 5.74) is 5.28. The summed E-state index contributed by atoms with van der Waals surface area (Å²) >= 11 is 0. The van der Waals surface area contributed by atoms with Crippen molar-refractivity contribution in [3.63, 3.8) is 0 Å². The van der Waals surface area contributed by atoms with E-state index in [0.717, 1.165) is 36.2 Å². The molecule has 1 aliphatic rings. The maximum absolute atomic E-state index is 12.8. The summed E-state index contributed by atoms with van der Waals surface area (Å²) in [4.78, 5) is 12.5. The number of sulfonamides is 1. The normalized spacial score (nSPS) is 15.8. The second-order valence-electron chi connectivity index (χ2n) is 6.90. The molecule has 0 saturated carbocycles. The largest absolute Gasteiger partial charge is 0.272 e. The maximum atomic E-state index is 12.8. The van der Waals surface area contributed by atoms with Gasteiger partial charge in [-0.25, -0.2) is 13.8 Å². The fourth-order valence-corrected chi connectivity index (χ4v) is 4.81. The average Bonchev–Trinajstić information content (AvgIpc) is 2.94. The van der Waals surface area contributed by atoms with E-state index in [1.807, 2.05) is 20.9 Å². The van der Waals surface area contributed by atoms with Crippen molar-refractivity contribution in [2.75, 3.05) is 13.1 Å². The third-order valence-electron chi connectivity index (χ3n) is 4.97. The molecule has 1 aromatic heterocycles. The molecule has 1 aromatic carbocycles. The molecule has 150 valence electrons. The van der Waals surface area contributed by atoms with Gasteiger partial charge in [0.25, 0.3) is 5.91 Å². The number of amides is 1. The Morgan fingerprint density at radius 3 is 2.57 bits per heavy atom. The highest BCUT2D eigenvalue weighted by Gasteiger charge is 2.26. The third kappa shape index (κ3) is 4.15. The van der Waals surface area contributed by atoms with Crippen molar-refractivity contribution in [2.45, 2.75) is 38.0 Å². The Labute approximate surface area is 165 Å². The lowest BCUT2D eigenvalue weighted by atomic mass is 10.2. The molecule has 1 fully saturated rings. The molecular weight excluding hydrogens is 378 g/mol. The van der Waals surface area contributed by atoms with Crippen LogP contribution in [0.4, 0.5) is 0 Å². The molecule has 0 radical (unpaired) electrons. The first kappa shape index (κ1) is 20.2. The van der Waals surface area contributed by atoms with Crippen LogP contribution in [0.5, 0.6) is 0 Å². The van der Waals surface area contributed by atoms with Crippen LogP contribution in [0.15, 0.2) is 34.3 Å². The van der Waals surface area contributed by atoms with E-state index in [0.29, 0.717) is 13.1 Å². The molecular formula is C19H25N5O3S. The Hall–Kier alpha value is -2.52. The Balaban J connectivity index is 1.74. The standard InChI is InChI=1S/C19H25N5O3S/c1-14-18(15(2)23(3)22-14)13-20-21-19(25)16-8-7-9-17(12-16)28(26,27)24-10-5-4-6-11-24/h7-9,12-13H,4-6,10-11H2,1-3H3,(H,21,25)/b20-13-. The van der Waals surface area contributed by atoms with Gasteiger partial charge in [0.2, 0.25) is 10.0 Å². The van der Waals surface area contributed by atoms with Crippen molar-refractivity contribution in [3.05, 3.63) is 46.8 Å². The van der Waals surface area contributed by atoms with Gasteiger partial charge in [0.15, 0.2) is 0 Å². The molecule has 8 nitrogen and oxygen atoms in total. The number of carbonyl (C=O) groups excluding carboxylic acids is 1. The second-order valence-corrected chi connectivity index (χ2v) is 8.84. The lowest BCUT2D eigenvalue weighted by Crippen LogP contribution is -2.35. The van der Waals surface area contributed by atoms with Crippen LogP contribution in [-0.2, 0) is 17.1 Å². The molecule has 3 rings (SSSR count). The van der Waals surface area contributed by atoms with Gasteiger partial charge >= 0.3 is 0 Å². The van der Waals surface area contributed by atoms with Crippen molar-refractivity contribution >= 4 is 22.1 Å². The van der Waals surface area contributed by atoms with Gasteiger partial charge in [-0.1, -0.05) is 12.5 Å². The molecule has 0 bridgehead atoms. The molecule has 1 N–H and O–H groups in total. The first-order chi connectivity index (χ1) is 13.3. The van der Waals surface area contributed by atoms with E-state index in [-0.39, 0.29) is 10.5 Å². The van der Waals surface area contributed by atoms with E-state index < -0.39 is 15.9 Å². The number of aromatic nitrogens is 2. The van der Waals surface area contributed by atoms with E-state index in [1.165, 1.54) is 16.4 Å². The van der Waals surface area contributed by atoms with E-state index in [4.69, 9.17) is 0 Å². The number of piperidine rings is 1. The summed E-state index contributed by atoms with van der Waals surface area (Å²) in [6, 6.07) is 6.06. The predicted octanol–water partition coefficient (Wildman–Crippen LogP) is 1.98. The minimum absolute atomic E-state index is 0.130. The number of hydrogen-bond acceptors (Lipinski definition) is 5. The molecule has 9 heteroatoms. The Morgan fingerprint density at radius 2 is 1.93 bits per heavy atom. The van der Waals surface area contributed by atoms with Gasteiger partial charge in [0.05, 0.1) is 16.8 Å². The molecule has 0 spiro atoms. The van der Waals surface area contributed by atoms with Crippen LogP contribution in [0, 0.1) is 13.8 Å². The van der Waals surface area contributed by atoms with Crippen LogP contribution in [0.1, 0.15) is 46.6 Å². The smallest absolute Gasteiger partial charge is 0.271 e. The van der Waals surface area contributed by atoms with Crippen molar-refractivity contribution in [1.82, 2.24) is 19.5 Å². The van der Waals surface area contributed by atoms with Crippen LogP contribution in [0.2, 0.25) is 0 Å². The second kappa shape index (κ2) is 8.24. The zero-order chi connectivity index (χ0) is 20.3. The molecule has 1 amide bonds. The fourth-order valence-electron chi connectivity index (χ4n) is 3.25.